The Balaban J connectivity index is 2.75. The van der Waals surface area contributed by atoms with Gasteiger partial charge in [-0.25, -0.2) is 0 Å². The SMILES string of the molecule is CCB(C)NN. The van der Waals surface area contributed by atoms with Crippen LogP contribution in [0.3, 0.4) is 0 Å². The molecule has 3 heteroatoms. The van der Waals surface area contributed by atoms with Gasteiger partial charge in [-0.1, -0.05) is 20.1 Å². The van der Waals surface area contributed by atoms with Gasteiger partial charge in [0.25, 0.3) is 0 Å². The highest BCUT2D eigenvalue weighted by Gasteiger charge is 1.95. The van der Waals surface area contributed by atoms with Crippen LogP contribution in [0.1, 0.15) is 6.92 Å². The molecule has 0 spiro atoms. The van der Waals surface area contributed by atoms with Crippen molar-refractivity contribution in [2.45, 2.75) is 20.1 Å². The van der Waals surface area contributed by atoms with Crippen LogP contribution in [0.4, 0.5) is 0 Å². The van der Waals surface area contributed by atoms with Gasteiger partial charge >= 0.3 is 0 Å². The van der Waals surface area contributed by atoms with E-state index in [0.717, 1.165) is 6.32 Å². The van der Waals surface area contributed by atoms with Gasteiger partial charge in [0, 0.05) is 0 Å². The van der Waals surface area contributed by atoms with E-state index in [9.17, 15) is 0 Å². The lowest BCUT2D eigenvalue weighted by Crippen LogP contribution is -2.35. The van der Waals surface area contributed by atoms with Crippen molar-refractivity contribution in [2.75, 3.05) is 0 Å². The fourth-order valence-electron chi connectivity index (χ4n) is 0.118. The Morgan fingerprint density at radius 2 is 2.33 bits per heavy atom. The van der Waals surface area contributed by atoms with Crippen molar-refractivity contribution >= 4 is 6.85 Å². The van der Waals surface area contributed by atoms with E-state index in [1.165, 1.54) is 0 Å². The molecule has 0 aromatic rings. The molecule has 0 radical (unpaired) electrons. The maximum absolute atomic E-state index is 5.03. The molecule has 6 heavy (non-hydrogen) atoms. The third kappa shape index (κ3) is 2.24. The van der Waals surface area contributed by atoms with Crippen molar-refractivity contribution in [1.82, 2.24) is 5.34 Å². The van der Waals surface area contributed by atoms with Gasteiger partial charge in [0.15, 0.2) is 0 Å². The molecule has 3 N–H and O–H groups in total. The van der Waals surface area contributed by atoms with Gasteiger partial charge in [-0.05, 0) is 0 Å². The van der Waals surface area contributed by atoms with Crippen LogP contribution >= 0.6 is 0 Å². The molecule has 0 heterocycles. The second-order valence-electron chi connectivity index (χ2n) is 1.48. The molecular weight excluding hydrogens is 74.9 g/mol. The predicted octanol–water partition coefficient (Wildman–Crippen LogP) is 0.0909. The fourth-order valence-corrected chi connectivity index (χ4v) is 0.118. The number of hydrazine groups is 1. The molecule has 0 amide bonds. The van der Waals surface area contributed by atoms with Crippen molar-refractivity contribution in [3.63, 3.8) is 0 Å². The third-order valence-electron chi connectivity index (χ3n) is 0.897. The van der Waals surface area contributed by atoms with E-state index < -0.39 is 0 Å². The van der Waals surface area contributed by atoms with Crippen molar-refractivity contribution in [3.05, 3.63) is 0 Å². The summed E-state index contributed by atoms with van der Waals surface area (Å²) in [7, 11) is 0. The highest BCUT2D eigenvalue weighted by atomic mass is 15.2. The summed E-state index contributed by atoms with van der Waals surface area (Å²) >= 11 is 0. The summed E-state index contributed by atoms with van der Waals surface area (Å²) in [6.07, 6.45) is 1.09. The van der Waals surface area contributed by atoms with E-state index >= 15 is 0 Å². The van der Waals surface area contributed by atoms with Crippen LogP contribution in [-0.4, -0.2) is 6.85 Å². The lowest BCUT2D eigenvalue weighted by atomic mass is 9.64. The van der Waals surface area contributed by atoms with Crippen molar-refractivity contribution in [2.24, 2.45) is 5.84 Å². The summed E-state index contributed by atoms with van der Waals surface area (Å²) < 4.78 is 0. The largest absolute Gasteiger partial charge is 0.299 e. The first-order chi connectivity index (χ1) is 2.81. The second kappa shape index (κ2) is 3.19. The lowest BCUT2D eigenvalue weighted by Gasteiger charge is -1.96. The summed E-state index contributed by atoms with van der Waals surface area (Å²) in [5.74, 6) is 5.03. The normalized spacial score (nSPS) is 8.50. The molecule has 0 saturated carbocycles. The Morgan fingerprint density at radius 3 is 2.33 bits per heavy atom. The average molecular weight is 85.9 g/mol. The number of hydrogen-bond acceptors (Lipinski definition) is 2. The highest BCUT2D eigenvalue weighted by molar-refractivity contribution is 6.54. The molecule has 0 bridgehead atoms. The molecule has 0 rings (SSSR count). The van der Waals surface area contributed by atoms with Crippen molar-refractivity contribution in [3.8, 4) is 0 Å². The van der Waals surface area contributed by atoms with Gasteiger partial charge in [0.2, 0.25) is 6.85 Å². The summed E-state index contributed by atoms with van der Waals surface area (Å²) in [5.41, 5.74) is 0. The molecule has 0 aromatic carbocycles. The number of rotatable bonds is 2. The molecule has 0 aliphatic rings. The molecule has 0 aromatic heterocycles. The van der Waals surface area contributed by atoms with Crippen LogP contribution < -0.4 is 11.2 Å². The van der Waals surface area contributed by atoms with Gasteiger partial charge in [-0.15, -0.1) is 0 Å². The third-order valence-corrected chi connectivity index (χ3v) is 0.897. The molecule has 0 fully saturated rings. The van der Waals surface area contributed by atoms with Gasteiger partial charge in [0.1, 0.15) is 0 Å². The molecule has 0 atom stereocenters. The van der Waals surface area contributed by atoms with Crippen molar-refractivity contribution in [1.29, 1.82) is 0 Å². The lowest BCUT2D eigenvalue weighted by molar-refractivity contribution is 1.04. The average Bonchev–Trinajstić information content (AvgIpc) is 1.65. The minimum absolute atomic E-state index is 0.463. The molecule has 2 nitrogen and oxygen atoms in total. The zero-order valence-electron chi connectivity index (χ0n) is 4.36. The minimum Gasteiger partial charge on any atom is -0.299 e. The zero-order chi connectivity index (χ0) is 4.99. The summed E-state index contributed by atoms with van der Waals surface area (Å²) in [4.78, 5) is 0. The maximum Gasteiger partial charge on any atom is 0.233 e. The molecular formula is C3H11BN2. The molecule has 0 aliphatic carbocycles. The summed E-state index contributed by atoms with van der Waals surface area (Å²) in [6.45, 7) is 4.59. The summed E-state index contributed by atoms with van der Waals surface area (Å²) in [6, 6.07) is 0. The van der Waals surface area contributed by atoms with Crippen LogP contribution in [0.5, 0.6) is 0 Å². The van der Waals surface area contributed by atoms with E-state index in [1.54, 1.807) is 0 Å². The maximum atomic E-state index is 5.03. The first kappa shape index (κ1) is 5.98. The first-order valence-electron chi connectivity index (χ1n) is 2.27. The zero-order valence-corrected chi connectivity index (χ0v) is 4.36. The first-order valence-corrected chi connectivity index (χ1v) is 2.27. The molecule has 0 unspecified atom stereocenters. The molecule has 0 saturated heterocycles. The Morgan fingerprint density at radius 1 is 1.83 bits per heavy atom. The number of hydrogen-bond donors (Lipinski definition) is 2. The van der Waals surface area contributed by atoms with Crippen LogP contribution in [0.25, 0.3) is 0 Å². The van der Waals surface area contributed by atoms with Crippen molar-refractivity contribution < 1.29 is 0 Å². The Kier molecular flexibility index (Phi) is 3.18. The second-order valence-corrected chi connectivity index (χ2v) is 1.48. The standard InChI is InChI=1S/C3H11BN2/c1-3-4(2)6-5/h6H,3,5H2,1-2H3. The van der Waals surface area contributed by atoms with E-state index in [2.05, 4.69) is 12.3 Å². The number of nitrogens with two attached hydrogens (primary N) is 1. The van der Waals surface area contributed by atoms with E-state index in [0.29, 0.717) is 6.85 Å². The Labute approximate surface area is 39.2 Å². The topological polar surface area (TPSA) is 38.0 Å². The van der Waals surface area contributed by atoms with Crippen LogP contribution in [0, 0.1) is 0 Å². The van der Waals surface area contributed by atoms with E-state index in [1.807, 2.05) is 6.82 Å². The van der Waals surface area contributed by atoms with Gasteiger partial charge < -0.3 is 0 Å². The Hall–Kier alpha value is -0.0151. The molecule has 0 aliphatic heterocycles. The smallest absolute Gasteiger partial charge is 0.233 e. The fraction of sp³-hybridized carbons (Fsp3) is 1.00. The van der Waals surface area contributed by atoms with Crippen LogP contribution in [0.15, 0.2) is 0 Å². The monoisotopic (exact) mass is 86.1 g/mol. The van der Waals surface area contributed by atoms with Gasteiger partial charge in [-0.2, -0.15) is 0 Å². The number of nitrogens with one attached hydrogen (secondary N) is 1. The quantitative estimate of drug-likeness (QED) is 0.284. The van der Waals surface area contributed by atoms with E-state index in [-0.39, 0.29) is 0 Å². The van der Waals surface area contributed by atoms with Crippen LogP contribution in [-0.2, 0) is 0 Å². The van der Waals surface area contributed by atoms with Gasteiger partial charge in [-0.3, -0.25) is 11.2 Å². The molecule has 36 valence electrons. The van der Waals surface area contributed by atoms with Gasteiger partial charge in [0.05, 0.1) is 0 Å². The summed E-state index contributed by atoms with van der Waals surface area (Å²) in [5, 5.41) is 2.61. The Bertz CT molecular complexity index is 28.0. The highest BCUT2D eigenvalue weighted by Crippen LogP contribution is 1.78. The van der Waals surface area contributed by atoms with Crippen LogP contribution in [0.2, 0.25) is 13.1 Å². The minimum atomic E-state index is 0.463. The van der Waals surface area contributed by atoms with E-state index in [4.69, 9.17) is 5.84 Å². The predicted molar refractivity (Wildman–Crippen MR) is 29.4 cm³/mol.